The normalized spacial score (nSPS) is 10.0. The number of pyridine rings is 1. The number of unbranched alkanes of at least 4 members (excludes halogenated alkanes) is 1. The zero-order valence-corrected chi connectivity index (χ0v) is 9.02. The summed E-state index contributed by atoms with van der Waals surface area (Å²) in [6.07, 6.45) is 5.66. The molecular formula is C11H17N3O. The highest BCUT2D eigenvalue weighted by Gasteiger charge is 2.09. The van der Waals surface area contributed by atoms with Crippen LogP contribution in [0.1, 0.15) is 19.3 Å². The smallest absolute Gasteiger partial charge is 0.226 e. The maximum absolute atomic E-state index is 11.7. The van der Waals surface area contributed by atoms with Gasteiger partial charge in [-0.2, -0.15) is 0 Å². The van der Waals surface area contributed by atoms with Gasteiger partial charge in [0.2, 0.25) is 5.91 Å². The molecule has 0 aliphatic carbocycles. The number of anilines is 1. The minimum absolute atomic E-state index is 0.108. The molecule has 0 saturated heterocycles. The molecule has 0 aromatic carbocycles. The topological polar surface area (TPSA) is 59.2 Å². The molecule has 1 aromatic rings. The highest BCUT2D eigenvalue weighted by molar-refractivity contribution is 5.92. The highest BCUT2D eigenvalue weighted by Crippen LogP contribution is 2.11. The second-order valence-electron chi connectivity index (χ2n) is 3.41. The molecule has 1 amide bonds. The minimum Gasteiger partial charge on any atom is -0.330 e. The summed E-state index contributed by atoms with van der Waals surface area (Å²) < 4.78 is 0. The molecule has 15 heavy (non-hydrogen) atoms. The molecule has 0 saturated carbocycles. The number of nitrogens with zero attached hydrogens (tertiary/aromatic N) is 2. The van der Waals surface area contributed by atoms with E-state index in [4.69, 9.17) is 5.73 Å². The molecule has 0 unspecified atom stereocenters. The summed E-state index contributed by atoms with van der Waals surface area (Å²) in [5.74, 6) is 0.108. The Kier molecular flexibility index (Phi) is 4.77. The van der Waals surface area contributed by atoms with Crippen molar-refractivity contribution < 1.29 is 4.79 Å². The van der Waals surface area contributed by atoms with Gasteiger partial charge in [-0.15, -0.1) is 0 Å². The molecular weight excluding hydrogens is 190 g/mol. The molecule has 1 rings (SSSR count). The fourth-order valence-corrected chi connectivity index (χ4v) is 1.28. The molecule has 0 aliphatic rings. The first-order chi connectivity index (χ1) is 7.25. The first kappa shape index (κ1) is 11.7. The van der Waals surface area contributed by atoms with Crippen LogP contribution in [0.2, 0.25) is 0 Å². The summed E-state index contributed by atoms with van der Waals surface area (Å²) in [5.41, 5.74) is 6.20. The van der Waals surface area contributed by atoms with Gasteiger partial charge in [0.15, 0.2) is 0 Å². The Bertz CT molecular complexity index is 300. The van der Waals surface area contributed by atoms with Gasteiger partial charge in [-0.05, 0) is 31.5 Å². The van der Waals surface area contributed by atoms with Gasteiger partial charge < -0.3 is 10.6 Å². The lowest BCUT2D eigenvalue weighted by Gasteiger charge is -2.16. The fraction of sp³-hybridized carbons (Fsp3) is 0.455. The predicted molar refractivity (Wildman–Crippen MR) is 60.6 cm³/mol. The molecule has 82 valence electrons. The third-order valence-corrected chi connectivity index (χ3v) is 2.25. The van der Waals surface area contributed by atoms with Crippen molar-refractivity contribution in [2.24, 2.45) is 5.73 Å². The van der Waals surface area contributed by atoms with Crippen LogP contribution in [0, 0.1) is 0 Å². The number of amides is 1. The maximum atomic E-state index is 11.7. The maximum Gasteiger partial charge on any atom is 0.226 e. The van der Waals surface area contributed by atoms with Crippen molar-refractivity contribution >= 4 is 11.6 Å². The number of carbonyl (C=O) groups excluding carboxylic acids is 1. The van der Waals surface area contributed by atoms with E-state index in [1.165, 1.54) is 0 Å². The number of nitrogens with two attached hydrogens (primary N) is 1. The third-order valence-electron chi connectivity index (χ3n) is 2.25. The minimum atomic E-state index is 0.108. The van der Waals surface area contributed by atoms with Gasteiger partial charge in [-0.25, -0.2) is 0 Å². The van der Waals surface area contributed by atoms with E-state index < -0.39 is 0 Å². The average Bonchev–Trinajstić information content (AvgIpc) is 2.29. The summed E-state index contributed by atoms with van der Waals surface area (Å²) >= 11 is 0. The van der Waals surface area contributed by atoms with Gasteiger partial charge in [-0.3, -0.25) is 9.78 Å². The zero-order valence-electron chi connectivity index (χ0n) is 9.02. The van der Waals surface area contributed by atoms with Crippen LogP contribution in [-0.2, 0) is 4.79 Å². The number of hydrogen-bond donors (Lipinski definition) is 1. The number of carbonyl (C=O) groups is 1. The van der Waals surface area contributed by atoms with Crippen molar-refractivity contribution in [1.82, 2.24) is 4.98 Å². The SMILES string of the molecule is CN(C(=O)CCCCN)c1cccnc1. The molecule has 0 atom stereocenters. The Labute approximate surface area is 90.1 Å². The lowest BCUT2D eigenvalue weighted by atomic mass is 10.2. The van der Waals surface area contributed by atoms with Crippen molar-refractivity contribution in [3.63, 3.8) is 0 Å². The fourth-order valence-electron chi connectivity index (χ4n) is 1.28. The van der Waals surface area contributed by atoms with E-state index in [1.54, 1.807) is 24.3 Å². The lowest BCUT2D eigenvalue weighted by Crippen LogP contribution is -2.26. The van der Waals surface area contributed by atoms with Crippen LogP contribution < -0.4 is 10.6 Å². The Morgan fingerprint density at radius 2 is 2.33 bits per heavy atom. The molecule has 0 spiro atoms. The summed E-state index contributed by atoms with van der Waals surface area (Å²) in [6, 6.07) is 3.69. The van der Waals surface area contributed by atoms with Crippen molar-refractivity contribution in [3.05, 3.63) is 24.5 Å². The standard InChI is InChI=1S/C11H17N3O/c1-14(10-5-4-8-13-9-10)11(15)6-2-3-7-12/h4-5,8-9H,2-3,6-7,12H2,1H3. The predicted octanol–water partition coefficient (Wildman–Crippen LogP) is 1.17. The second kappa shape index (κ2) is 6.14. The Balaban J connectivity index is 2.46. The van der Waals surface area contributed by atoms with Crippen molar-refractivity contribution in [1.29, 1.82) is 0 Å². The van der Waals surface area contributed by atoms with Crippen molar-refractivity contribution in [3.8, 4) is 0 Å². The van der Waals surface area contributed by atoms with Gasteiger partial charge in [0.25, 0.3) is 0 Å². The van der Waals surface area contributed by atoms with Crippen LogP contribution in [0.3, 0.4) is 0 Å². The number of aromatic nitrogens is 1. The molecule has 0 fully saturated rings. The average molecular weight is 207 g/mol. The largest absolute Gasteiger partial charge is 0.330 e. The number of hydrogen-bond acceptors (Lipinski definition) is 3. The Morgan fingerprint density at radius 1 is 1.53 bits per heavy atom. The third kappa shape index (κ3) is 3.67. The van der Waals surface area contributed by atoms with E-state index in [-0.39, 0.29) is 5.91 Å². The van der Waals surface area contributed by atoms with E-state index in [0.717, 1.165) is 18.5 Å². The van der Waals surface area contributed by atoms with Gasteiger partial charge in [0, 0.05) is 19.7 Å². The quantitative estimate of drug-likeness (QED) is 0.737. The second-order valence-corrected chi connectivity index (χ2v) is 3.41. The first-order valence-electron chi connectivity index (χ1n) is 5.12. The van der Waals surface area contributed by atoms with E-state index in [2.05, 4.69) is 4.98 Å². The first-order valence-corrected chi connectivity index (χ1v) is 5.12. The van der Waals surface area contributed by atoms with E-state index in [1.807, 2.05) is 12.1 Å². The molecule has 1 aromatic heterocycles. The summed E-state index contributed by atoms with van der Waals surface area (Å²) in [5, 5.41) is 0. The van der Waals surface area contributed by atoms with Crippen LogP contribution >= 0.6 is 0 Å². The summed E-state index contributed by atoms with van der Waals surface area (Å²) in [4.78, 5) is 17.3. The molecule has 4 heteroatoms. The monoisotopic (exact) mass is 207 g/mol. The van der Waals surface area contributed by atoms with Crippen LogP contribution in [-0.4, -0.2) is 24.5 Å². The highest BCUT2D eigenvalue weighted by atomic mass is 16.2. The lowest BCUT2D eigenvalue weighted by molar-refractivity contribution is -0.118. The molecule has 2 N–H and O–H groups in total. The van der Waals surface area contributed by atoms with Gasteiger partial charge in [0.05, 0.1) is 11.9 Å². The van der Waals surface area contributed by atoms with Gasteiger partial charge >= 0.3 is 0 Å². The van der Waals surface area contributed by atoms with Crippen molar-refractivity contribution in [2.75, 3.05) is 18.5 Å². The van der Waals surface area contributed by atoms with E-state index >= 15 is 0 Å². The van der Waals surface area contributed by atoms with Crippen LogP contribution in [0.25, 0.3) is 0 Å². The molecule has 0 aliphatic heterocycles. The van der Waals surface area contributed by atoms with Crippen LogP contribution in [0.4, 0.5) is 5.69 Å². The van der Waals surface area contributed by atoms with Gasteiger partial charge in [0.1, 0.15) is 0 Å². The Hall–Kier alpha value is -1.42. The molecule has 0 radical (unpaired) electrons. The van der Waals surface area contributed by atoms with Crippen molar-refractivity contribution in [2.45, 2.75) is 19.3 Å². The summed E-state index contributed by atoms with van der Waals surface area (Å²) in [7, 11) is 1.77. The zero-order chi connectivity index (χ0) is 11.1. The van der Waals surface area contributed by atoms with Crippen LogP contribution in [0.15, 0.2) is 24.5 Å². The van der Waals surface area contributed by atoms with Gasteiger partial charge in [-0.1, -0.05) is 0 Å². The molecule has 0 bridgehead atoms. The van der Waals surface area contributed by atoms with E-state index in [0.29, 0.717) is 13.0 Å². The molecule has 1 heterocycles. The number of rotatable bonds is 5. The molecule has 4 nitrogen and oxygen atoms in total. The Morgan fingerprint density at radius 3 is 2.93 bits per heavy atom. The van der Waals surface area contributed by atoms with E-state index in [9.17, 15) is 4.79 Å². The summed E-state index contributed by atoms with van der Waals surface area (Å²) in [6.45, 7) is 0.643. The van der Waals surface area contributed by atoms with Crippen LogP contribution in [0.5, 0.6) is 0 Å².